The number of rotatable bonds is 11. The minimum absolute atomic E-state index is 0.0135. The summed E-state index contributed by atoms with van der Waals surface area (Å²) in [4.78, 5) is 41.7. The number of aryl methyl sites for hydroxylation is 2. The van der Waals surface area contributed by atoms with Crippen molar-refractivity contribution in [2.24, 2.45) is 23.3 Å². The lowest BCUT2D eigenvalue weighted by Gasteiger charge is -2.63. The molecule has 4 fully saturated rings. The molecule has 6 aliphatic rings. The summed E-state index contributed by atoms with van der Waals surface area (Å²) in [6.45, 7) is 13.7. The molecule has 0 radical (unpaired) electrons. The van der Waals surface area contributed by atoms with E-state index in [4.69, 9.17) is 26.2 Å². The number of halogens is 3. The maximum atomic E-state index is 14.8. The molecule has 15 nitrogen and oxygen atoms in total. The van der Waals surface area contributed by atoms with Crippen LogP contribution in [-0.2, 0) is 31.2 Å². The second-order valence-electron chi connectivity index (χ2n) is 22.5. The highest BCUT2D eigenvalue weighted by Gasteiger charge is 2.64. The van der Waals surface area contributed by atoms with Gasteiger partial charge in [-0.05, 0) is 86.8 Å². The average molecular weight is 1000 g/mol. The third-order valence-corrected chi connectivity index (χ3v) is 17.2. The molecule has 3 aliphatic heterocycles. The molecule has 5 aromatic rings. The summed E-state index contributed by atoms with van der Waals surface area (Å²) < 4.78 is 46.0. The van der Waals surface area contributed by atoms with Crippen LogP contribution in [0.15, 0.2) is 55.1 Å². The van der Waals surface area contributed by atoms with Gasteiger partial charge in [-0.15, -0.1) is 0 Å². The molecule has 2 amide bonds. The number of nitriles is 1. The Balaban J connectivity index is 0.685. The van der Waals surface area contributed by atoms with Gasteiger partial charge in [0.1, 0.15) is 24.0 Å². The fraction of sp³-hybridized carbons (Fsp3) is 0.537. The summed E-state index contributed by atoms with van der Waals surface area (Å²) in [5.41, 5.74) is 5.34. The zero-order chi connectivity index (χ0) is 50.4. The monoisotopic (exact) mass is 1000 g/mol. The van der Waals surface area contributed by atoms with Crippen molar-refractivity contribution in [2.75, 3.05) is 31.1 Å². The quantitative estimate of drug-likeness (QED) is 0.134. The van der Waals surface area contributed by atoms with Gasteiger partial charge in [0.2, 0.25) is 5.91 Å². The van der Waals surface area contributed by atoms with Crippen LogP contribution in [0, 0.1) is 27.6 Å². The molecule has 1 N–H and O–H groups in total. The van der Waals surface area contributed by atoms with Crippen molar-refractivity contribution in [1.82, 2.24) is 44.6 Å². The van der Waals surface area contributed by atoms with Crippen LogP contribution in [0.3, 0.4) is 0 Å². The van der Waals surface area contributed by atoms with E-state index in [1.807, 2.05) is 11.0 Å². The van der Waals surface area contributed by atoms with Crippen LogP contribution in [-0.4, -0.2) is 102 Å². The minimum Gasteiger partial charge on any atom is -0.489 e. The Kier molecular flexibility index (Phi) is 12.1. The van der Waals surface area contributed by atoms with Gasteiger partial charge in [-0.25, -0.2) is 18.7 Å². The number of hydrogen-bond donors (Lipinski definition) is 1. The first-order chi connectivity index (χ1) is 34.4. The number of amides is 2. The Morgan fingerprint density at radius 3 is 2.32 bits per heavy atom. The fourth-order valence-electron chi connectivity index (χ4n) is 13.5. The molecule has 0 unspecified atom stereocenters. The topological polar surface area (TPSA) is 160 Å². The lowest BCUT2D eigenvalue weighted by atomic mass is 9.49. The molecule has 0 atom stereocenters. The van der Waals surface area contributed by atoms with Crippen LogP contribution in [0.5, 0.6) is 11.8 Å². The number of hydrogen-bond acceptors (Lipinski definition) is 11. The second-order valence-corrected chi connectivity index (χ2v) is 22.9. The van der Waals surface area contributed by atoms with Crippen molar-refractivity contribution in [3.63, 3.8) is 0 Å². The number of fused-ring (bicyclic) bond motifs is 2. The normalized spacial score (nSPS) is 24.1. The van der Waals surface area contributed by atoms with Gasteiger partial charge in [-0.3, -0.25) is 23.9 Å². The highest BCUT2D eigenvalue weighted by Crippen LogP contribution is 2.56. The maximum Gasteiger partial charge on any atom is 0.316 e. The first-order valence-electron chi connectivity index (χ1n) is 25.4. The van der Waals surface area contributed by atoms with Crippen LogP contribution in [0.2, 0.25) is 5.02 Å². The van der Waals surface area contributed by atoms with Gasteiger partial charge in [0.25, 0.3) is 12.3 Å². The highest BCUT2D eigenvalue weighted by atomic mass is 35.5. The minimum atomic E-state index is -2.66. The summed E-state index contributed by atoms with van der Waals surface area (Å²) in [6.07, 6.45) is 12.0. The largest absolute Gasteiger partial charge is 0.489 e. The number of nitrogens with one attached hydrogen (secondary N) is 1. The van der Waals surface area contributed by atoms with E-state index in [-0.39, 0.29) is 53.1 Å². The lowest BCUT2D eigenvalue weighted by molar-refractivity contribution is -0.164. The molecule has 3 aromatic heterocycles. The van der Waals surface area contributed by atoms with Crippen molar-refractivity contribution in [1.29, 1.82) is 5.26 Å². The highest BCUT2D eigenvalue weighted by molar-refractivity contribution is 6.31. The molecular weight excluding hydrogens is 940 g/mol. The summed E-state index contributed by atoms with van der Waals surface area (Å²) in [7, 11) is 1.79. The molecule has 2 aromatic carbocycles. The van der Waals surface area contributed by atoms with Crippen molar-refractivity contribution in [3.8, 4) is 29.0 Å². The molecular formula is C54H62ClF2N11O4. The Bertz CT molecular complexity index is 2950. The summed E-state index contributed by atoms with van der Waals surface area (Å²) in [5.74, 6) is 1.13. The average Bonchev–Trinajstić information content (AvgIpc) is 3.95. The SMILES string of the molecule is CC(=O)N1CCc2c(c(N3CCCc4cc(-c5cnn(C)c5)c(C(F)F)cc43)nn2C2CCC(N3CC4(CC(Oc5ncc(C(=O)NC6C(C)(C)C(Oc7ccc(C#N)c(Cl)c7)C6(C)C)cn5)C4)C3)CC2)C1. The Morgan fingerprint density at radius 1 is 0.944 bits per heavy atom. The Hall–Kier alpha value is -6.12. The number of anilines is 2. The van der Waals surface area contributed by atoms with E-state index in [0.717, 1.165) is 87.1 Å². The summed E-state index contributed by atoms with van der Waals surface area (Å²) >= 11 is 6.27. The number of alkyl halides is 2. The van der Waals surface area contributed by atoms with E-state index in [0.29, 0.717) is 65.1 Å². The van der Waals surface area contributed by atoms with Crippen LogP contribution in [0.25, 0.3) is 11.1 Å². The van der Waals surface area contributed by atoms with Crippen LogP contribution < -0.4 is 19.7 Å². The number of ether oxygens (including phenoxy) is 2. The van der Waals surface area contributed by atoms with E-state index in [2.05, 4.69) is 68.6 Å². The maximum absolute atomic E-state index is 14.8. The van der Waals surface area contributed by atoms with Crippen LogP contribution in [0.4, 0.5) is 20.3 Å². The number of carbonyl (C=O) groups is 2. The van der Waals surface area contributed by atoms with Gasteiger partial charge in [0, 0.05) is 128 Å². The molecule has 18 heteroatoms. The lowest BCUT2D eigenvalue weighted by Crippen LogP contribution is -2.74. The van der Waals surface area contributed by atoms with Gasteiger partial charge in [-0.1, -0.05) is 39.3 Å². The molecule has 3 saturated carbocycles. The van der Waals surface area contributed by atoms with E-state index in [9.17, 15) is 23.6 Å². The first kappa shape index (κ1) is 48.2. The van der Waals surface area contributed by atoms with Crippen molar-refractivity contribution in [3.05, 3.63) is 93.7 Å². The Morgan fingerprint density at radius 2 is 1.67 bits per heavy atom. The van der Waals surface area contributed by atoms with Gasteiger partial charge >= 0.3 is 6.01 Å². The van der Waals surface area contributed by atoms with E-state index >= 15 is 0 Å². The predicted molar refractivity (Wildman–Crippen MR) is 266 cm³/mol. The number of carbonyl (C=O) groups excluding carboxylic acids is 2. The molecule has 72 heavy (non-hydrogen) atoms. The third-order valence-electron chi connectivity index (χ3n) is 16.9. The van der Waals surface area contributed by atoms with Gasteiger partial charge in [-0.2, -0.15) is 15.5 Å². The van der Waals surface area contributed by atoms with Crippen molar-refractivity contribution < 1.29 is 27.8 Å². The molecule has 11 rings (SSSR count). The van der Waals surface area contributed by atoms with Gasteiger partial charge in [0.05, 0.1) is 34.9 Å². The molecule has 0 bridgehead atoms. The zero-order valence-corrected chi connectivity index (χ0v) is 42.6. The number of nitrogens with zero attached hydrogens (tertiary/aromatic N) is 10. The van der Waals surface area contributed by atoms with Crippen LogP contribution >= 0.6 is 11.6 Å². The zero-order valence-electron chi connectivity index (χ0n) is 41.8. The van der Waals surface area contributed by atoms with Crippen molar-refractivity contribution in [2.45, 2.75) is 136 Å². The number of likely N-dealkylation sites (tertiary alicyclic amines) is 1. The van der Waals surface area contributed by atoms with E-state index < -0.39 is 17.3 Å². The molecule has 378 valence electrons. The van der Waals surface area contributed by atoms with Gasteiger partial charge < -0.3 is 24.6 Å². The standard InChI is InChI=1S/C54H62ClF2N11O4/c1-31(69)65-17-15-44-42(28-65)47(67-16-7-8-32-18-40(35-26-61-64(6)27-35)41(46(56)57)20-45(32)67)63-68(44)37-12-10-36(11-13-37)66-29-54(30-66)21-39(22-54)72-51-59-24-34(25-60-51)48(70)62-49-52(2,3)50(53(49,4)5)71-38-14-9-33(23-58)43(55)19-38/h9,14,18-20,24-27,36-37,39,46,49-50H,7-8,10-13,15-17,21-22,28-30H2,1-6H3,(H,62,70). The summed E-state index contributed by atoms with van der Waals surface area (Å²) in [6, 6.07) is 11.5. The second kappa shape index (κ2) is 18.1. The predicted octanol–water partition coefficient (Wildman–Crippen LogP) is 9.16. The molecule has 3 aliphatic carbocycles. The third kappa shape index (κ3) is 8.45. The molecule has 6 heterocycles. The van der Waals surface area contributed by atoms with Crippen LogP contribution in [0.1, 0.15) is 130 Å². The molecule has 1 saturated heterocycles. The van der Waals surface area contributed by atoms with Crippen molar-refractivity contribution >= 4 is 34.9 Å². The first-order valence-corrected chi connectivity index (χ1v) is 25.8. The van der Waals surface area contributed by atoms with Gasteiger partial charge in [0.15, 0.2) is 5.82 Å². The summed E-state index contributed by atoms with van der Waals surface area (Å²) in [5, 5.41) is 22.4. The fourth-order valence-corrected chi connectivity index (χ4v) is 13.7. The number of benzene rings is 2. The smallest absolute Gasteiger partial charge is 0.316 e. The van der Waals surface area contributed by atoms with E-state index in [1.54, 1.807) is 55.3 Å². The molecule has 1 spiro atoms. The van der Waals surface area contributed by atoms with E-state index in [1.165, 1.54) is 18.1 Å². The Labute approximate surface area is 423 Å². The number of aromatic nitrogens is 6.